The lowest BCUT2D eigenvalue weighted by Gasteiger charge is -2.11. The van der Waals surface area contributed by atoms with Crippen LogP contribution < -0.4 is 9.47 Å². The van der Waals surface area contributed by atoms with E-state index in [4.69, 9.17) is 13.9 Å². The molecule has 1 atom stereocenters. The van der Waals surface area contributed by atoms with Gasteiger partial charge >= 0.3 is 0 Å². The van der Waals surface area contributed by atoms with Gasteiger partial charge in [-0.15, -0.1) is 21.5 Å². The Bertz CT molecular complexity index is 707. The molecule has 114 valence electrons. The van der Waals surface area contributed by atoms with E-state index in [2.05, 4.69) is 10.2 Å². The first kappa shape index (κ1) is 14.6. The van der Waals surface area contributed by atoms with Gasteiger partial charge in [0.1, 0.15) is 11.5 Å². The molecule has 0 saturated carbocycles. The van der Waals surface area contributed by atoms with Crippen LogP contribution >= 0.6 is 11.3 Å². The number of nitrogens with zero attached hydrogens (tertiary/aromatic N) is 2. The van der Waals surface area contributed by atoms with Crippen molar-refractivity contribution in [3.8, 4) is 22.3 Å². The van der Waals surface area contributed by atoms with Crippen LogP contribution in [0.4, 0.5) is 0 Å². The van der Waals surface area contributed by atoms with Crippen LogP contribution in [0.3, 0.4) is 0 Å². The number of rotatable bonds is 6. The van der Waals surface area contributed by atoms with Gasteiger partial charge in [-0.05, 0) is 49.6 Å². The van der Waals surface area contributed by atoms with Crippen LogP contribution in [0.2, 0.25) is 0 Å². The number of aromatic nitrogens is 2. The molecule has 2 heterocycles. The van der Waals surface area contributed by atoms with Crippen LogP contribution in [0.1, 0.15) is 25.8 Å². The summed E-state index contributed by atoms with van der Waals surface area (Å²) in [6.45, 7) is 4.47. The smallest absolute Gasteiger partial charge is 0.257 e. The second kappa shape index (κ2) is 6.62. The van der Waals surface area contributed by atoms with E-state index in [1.165, 1.54) is 0 Å². The summed E-state index contributed by atoms with van der Waals surface area (Å²) < 4.78 is 16.9. The standard InChI is InChI=1S/C16H16N2O3S/c1-3-19-12-6-8-13(9-7-12)20-11(2)15-17-18-16(21-15)14-5-4-10-22-14/h4-11H,3H2,1-2H3. The largest absolute Gasteiger partial charge is 0.494 e. The minimum Gasteiger partial charge on any atom is -0.494 e. The Morgan fingerprint density at radius 3 is 2.59 bits per heavy atom. The number of hydrogen-bond donors (Lipinski definition) is 0. The lowest BCUT2D eigenvalue weighted by Crippen LogP contribution is -2.03. The minimum absolute atomic E-state index is 0.320. The van der Waals surface area contributed by atoms with Gasteiger partial charge in [-0.25, -0.2) is 0 Å². The molecule has 5 nitrogen and oxygen atoms in total. The monoisotopic (exact) mass is 316 g/mol. The number of benzene rings is 1. The van der Waals surface area contributed by atoms with Crippen molar-refractivity contribution in [2.45, 2.75) is 20.0 Å². The predicted molar refractivity (Wildman–Crippen MR) is 84.3 cm³/mol. The molecule has 0 spiro atoms. The van der Waals surface area contributed by atoms with Gasteiger partial charge in [-0.2, -0.15) is 0 Å². The zero-order valence-electron chi connectivity index (χ0n) is 12.4. The van der Waals surface area contributed by atoms with Gasteiger partial charge < -0.3 is 13.9 Å². The van der Waals surface area contributed by atoms with E-state index in [1.54, 1.807) is 11.3 Å². The summed E-state index contributed by atoms with van der Waals surface area (Å²) in [5.41, 5.74) is 0. The maximum atomic E-state index is 5.82. The number of ether oxygens (including phenoxy) is 2. The van der Waals surface area contributed by atoms with E-state index < -0.39 is 0 Å². The molecule has 0 aliphatic heterocycles. The highest BCUT2D eigenvalue weighted by atomic mass is 32.1. The molecule has 0 aliphatic carbocycles. The normalized spacial score (nSPS) is 12.1. The molecule has 0 saturated heterocycles. The Hall–Kier alpha value is -2.34. The van der Waals surface area contributed by atoms with Crippen molar-refractivity contribution in [3.05, 3.63) is 47.7 Å². The van der Waals surface area contributed by atoms with Crippen LogP contribution in [-0.2, 0) is 0 Å². The van der Waals surface area contributed by atoms with Crippen LogP contribution in [0, 0.1) is 0 Å². The molecule has 3 rings (SSSR count). The highest BCUT2D eigenvalue weighted by Crippen LogP contribution is 2.27. The highest BCUT2D eigenvalue weighted by Gasteiger charge is 2.17. The fraction of sp³-hybridized carbons (Fsp3) is 0.250. The molecular formula is C16H16N2O3S. The maximum Gasteiger partial charge on any atom is 0.257 e. The summed E-state index contributed by atoms with van der Waals surface area (Å²) in [4.78, 5) is 0.951. The van der Waals surface area contributed by atoms with Crippen molar-refractivity contribution in [1.82, 2.24) is 10.2 Å². The fourth-order valence-corrected chi connectivity index (χ4v) is 2.58. The average Bonchev–Trinajstić information content (AvgIpc) is 3.20. The van der Waals surface area contributed by atoms with Gasteiger partial charge in [0.25, 0.3) is 11.8 Å². The SMILES string of the molecule is CCOc1ccc(OC(C)c2nnc(-c3cccs3)o2)cc1. The van der Waals surface area contributed by atoms with Crippen molar-refractivity contribution >= 4 is 11.3 Å². The molecule has 1 aromatic carbocycles. The maximum absolute atomic E-state index is 5.82. The third-order valence-corrected chi connectivity index (χ3v) is 3.83. The first-order valence-corrected chi connectivity index (χ1v) is 7.91. The van der Waals surface area contributed by atoms with Crippen LogP contribution in [0.15, 0.2) is 46.2 Å². The third kappa shape index (κ3) is 3.28. The first-order valence-electron chi connectivity index (χ1n) is 7.03. The van der Waals surface area contributed by atoms with Crippen LogP contribution in [0.5, 0.6) is 11.5 Å². The summed E-state index contributed by atoms with van der Waals surface area (Å²) in [5.74, 6) is 2.52. The molecule has 2 aromatic heterocycles. The molecular weight excluding hydrogens is 300 g/mol. The molecule has 0 N–H and O–H groups in total. The number of thiophene rings is 1. The summed E-state index contributed by atoms with van der Waals surface area (Å²) in [7, 11) is 0. The molecule has 3 aromatic rings. The molecule has 22 heavy (non-hydrogen) atoms. The van der Waals surface area contributed by atoms with Crippen LogP contribution in [-0.4, -0.2) is 16.8 Å². The fourth-order valence-electron chi connectivity index (χ4n) is 1.93. The van der Waals surface area contributed by atoms with Crippen molar-refractivity contribution in [1.29, 1.82) is 0 Å². The van der Waals surface area contributed by atoms with E-state index in [1.807, 2.05) is 55.6 Å². The van der Waals surface area contributed by atoms with Gasteiger partial charge in [0.15, 0.2) is 6.10 Å². The Morgan fingerprint density at radius 1 is 1.14 bits per heavy atom. The predicted octanol–water partition coefficient (Wildman–Crippen LogP) is 4.34. The van der Waals surface area contributed by atoms with E-state index in [-0.39, 0.29) is 6.10 Å². The van der Waals surface area contributed by atoms with Crippen molar-refractivity contribution in [2.75, 3.05) is 6.61 Å². The number of hydrogen-bond acceptors (Lipinski definition) is 6. The summed E-state index contributed by atoms with van der Waals surface area (Å²) in [5, 5.41) is 10.1. The Morgan fingerprint density at radius 2 is 1.91 bits per heavy atom. The van der Waals surface area contributed by atoms with Crippen molar-refractivity contribution in [2.24, 2.45) is 0 Å². The molecule has 0 fully saturated rings. The Kier molecular flexibility index (Phi) is 4.39. The lowest BCUT2D eigenvalue weighted by molar-refractivity contribution is 0.189. The topological polar surface area (TPSA) is 57.4 Å². The van der Waals surface area contributed by atoms with Crippen molar-refractivity contribution in [3.63, 3.8) is 0 Å². The van der Waals surface area contributed by atoms with Crippen LogP contribution in [0.25, 0.3) is 10.8 Å². The minimum atomic E-state index is -0.320. The second-order valence-electron chi connectivity index (χ2n) is 4.59. The quantitative estimate of drug-likeness (QED) is 0.677. The Balaban J connectivity index is 1.67. The zero-order chi connectivity index (χ0) is 15.4. The third-order valence-electron chi connectivity index (χ3n) is 2.97. The van der Waals surface area contributed by atoms with Gasteiger partial charge in [0.2, 0.25) is 0 Å². The molecule has 0 aliphatic rings. The van der Waals surface area contributed by atoms with Gasteiger partial charge in [-0.1, -0.05) is 6.07 Å². The summed E-state index contributed by atoms with van der Waals surface area (Å²) in [6.07, 6.45) is -0.320. The van der Waals surface area contributed by atoms with E-state index in [0.717, 1.165) is 16.4 Å². The van der Waals surface area contributed by atoms with Crippen molar-refractivity contribution < 1.29 is 13.9 Å². The summed E-state index contributed by atoms with van der Waals surface area (Å²) in [6, 6.07) is 11.4. The van der Waals surface area contributed by atoms with Gasteiger partial charge in [-0.3, -0.25) is 0 Å². The summed E-state index contributed by atoms with van der Waals surface area (Å²) >= 11 is 1.56. The molecule has 0 amide bonds. The molecule has 1 unspecified atom stereocenters. The second-order valence-corrected chi connectivity index (χ2v) is 5.53. The van der Waals surface area contributed by atoms with Gasteiger partial charge in [0.05, 0.1) is 11.5 Å². The zero-order valence-corrected chi connectivity index (χ0v) is 13.2. The average molecular weight is 316 g/mol. The van der Waals surface area contributed by atoms with E-state index >= 15 is 0 Å². The molecule has 6 heteroatoms. The van der Waals surface area contributed by atoms with Gasteiger partial charge in [0, 0.05) is 0 Å². The van der Waals surface area contributed by atoms with E-state index in [9.17, 15) is 0 Å². The Labute approximate surface area is 132 Å². The molecule has 0 radical (unpaired) electrons. The highest BCUT2D eigenvalue weighted by molar-refractivity contribution is 7.13. The molecule has 0 bridgehead atoms. The lowest BCUT2D eigenvalue weighted by atomic mass is 10.3. The van der Waals surface area contributed by atoms with E-state index in [0.29, 0.717) is 18.4 Å². The first-order chi connectivity index (χ1) is 10.8.